The number of rotatable bonds is 3. The maximum Gasteiger partial charge on any atom is 0.0759 e. The summed E-state index contributed by atoms with van der Waals surface area (Å²) in [5.41, 5.74) is 9.56. The third kappa shape index (κ3) is 2.81. The summed E-state index contributed by atoms with van der Waals surface area (Å²) in [6.07, 6.45) is 0.941. The summed E-state index contributed by atoms with van der Waals surface area (Å²) in [4.78, 5) is 0.600. The smallest absolute Gasteiger partial charge is 0.0759 e. The van der Waals surface area contributed by atoms with Gasteiger partial charge >= 0.3 is 0 Å². The number of hydrogen-bond donors (Lipinski definition) is 1. The van der Waals surface area contributed by atoms with Gasteiger partial charge in [-0.15, -0.1) is 0 Å². The van der Waals surface area contributed by atoms with Gasteiger partial charge in [0.2, 0.25) is 0 Å². The van der Waals surface area contributed by atoms with Crippen LogP contribution in [0.3, 0.4) is 0 Å². The Bertz CT molecular complexity index is 344. The van der Waals surface area contributed by atoms with Gasteiger partial charge in [-0.2, -0.15) is 0 Å². The fourth-order valence-corrected chi connectivity index (χ4v) is 1.47. The van der Waals surface area contributed by atoms with E-state index < -0.39 is 0 Å². The Morgan fingerprint density at radius 3 is 2.50 bits per heavy atom. The molecule has 2 N–H and O–H groups in total. The van der Waals surface area contributed by atoms with E-state index in [2.05, 4.69) is 39.0 Å². The number of nitrogens with two attached hydrogens (primary N) is 1. The molecule has 0 spiro atoms. The van der Waals surface area contributed by atoms with Gasteiger partial charge < -0.3 is 5.73 Å². The lowest BCUT2D eigenvalue weighted by Gasteiger charge is -2.10. The molecule has 0 bridgehead atoms. The number of hydrogen-bond acceptors (Lipinski definition) is 1. The molecule has 2 heteroatoms. The van der Waals surface area contributed by atoms with Crippen molar-refractivity contribution < 1.29 is 0 Å². The molecule has 14 heavy (non-hydrogen) atoms. The summed E-state index contributed by atoms with van der Waals surface area (Å²) in [7, 11) is 0. The van der Waals surface area contributed by atoms with Crippen LogP contribution < -0.4 is 5.73 Å². The number of benzene rings is 1. The summed E-state index contributed by atoms with van der Waals surface area (Å²) in [5, 5.41) is 0. The normalized spacial score (nSPS) is 12.5. The Labute approximate surface area is 91.3 Å². The van der Waals surface area contributed by atoms with Crippen LogP contribution in [0.1, 0.15) is 23.6 Å². The molecule has 76 valence electrons. The van der Waals surface area contributed by atoms with Crippen LogP contribution in [0.25, 0.3) is 0 Å². The van der Waals surface area contributed by atoms with E-state index in [9.17, 15) is 0 Å². The van der Waals surface area contributed by atoms with E-state index in [1.807, 2.05) is 0 Å². The number of thiocarbonyl (C=S) groups is 1. The predicted octanol–water partition coefficient (Wildman–Crippen LogP) is 2.77. The topological polar surface area (TPSA) is 26.0 Å². The van der Waals surface area contributed by atoms with Crippen molar-refractivity contribution in [2.75, 3.05) is 0 Å². The number of aryl methyl sites for hydroxylation is 2. The van der Waals surface area contributed by atoms with Crippen LogP contribution in [0.5, 0.6) is 0 Å². The van der Waals surface area contributed by atoms with Crippen molar-refractivity contribution in [3.63, 3.8) is 0 Å². The predicted molar refractivity (Wildman–Crippen MR) is 65.6 cm³/mol. The van der Waals surface area contributed by atoms with Crippen LogP contribution >= 0.6 is 12.2 Å². The Morgan fingerprint density at radius 1 is 1.36 bits per heavy atom. The molecule has 1 atom stereocenters. The molecule has 0 aliphatic rings. The first kappa shape index (κ1) is 11.2. The molecule has 0 fully saturated rings. The van der Waals surface area contributed by atoms with Gasteiger partial charge in [0.05, 0.1) is 4.99 Å². The Morgan fingerprint density at radius 2 is 2.00 bits per heavy atom. The molecular formula is C12H17NS. The molecule has 0 aromatic heterocycles. The van der Waals surface area contributed by atoms with Gasteiger partial charge in [-0.05, 0) is 37.0 Å². The fourth-order valence-electron chi connectivity index (χ4n) is 1.38. The average molecular weight is 207 g/mol. The van der Waals surface area contributed by atoms with Crippen molar-refractivity contribution in [1.29, 1.82) is 0 Å². The van der Waals surface area contributed by atoms with Gasteiger partial charge in [0.15, 0.2) is 0 Å². The first-order valence-corrected chi connectivity index (χ1v) is 5.27. The third-order valence-electron chi connectivity index (χ3n) is 2.60. The molecule has 1 aromatic rings. The largest absolute Gasteiger partial charge is 0.393 e. The van der Waals surface area contributed by atoms with E-state index in [0.717, 1.165) is 6.42 Å². The molecule has 0 radical (unpaired) electrons. The van der Waals surface area contributed by atoms with E-state index in [0.29, 0.717) is 4.99 Å². The standard InChI is InChI=1S/C12H17NS/c1-8-4-5-11(6-9(8)2)7-10(3)12(13)14/h4-6,10H,7H2,1-3H3,(H2,13,14)/t10-/m1/s1. The van der Waals surface area contributed by atoms with Gasteiger partial charge in [0.25, 0.3) is 0 Å². The van der Waals surface area contributed by atoms with Gasteiger partial charge in [-0.1, -0.05) is 37.3 Å². The maximum absolute atomic E-state index is 5.58. The van der Waals surface area contributed by atoms with Crippen molar-refractivity contribution in [3.05, 3.63) is 34.9 Å². The molecule has 1 nitrogen and oxygen atoms in total. The second-order valence-electron chi connectivity index (χ2n) is 3.93. The van der Waals surface area contributed by atoms with E-state index in [-0.39, 0.29) is 5.92 Å². The minimum atomic E-state index is 0.284. The van der Waals surface area contributed by atoms with E-state index in [1.165, 1.54) is 16.7 Å². The van der Waals surface area contributed by atoms with Crippen LogP contribution in [0.2, 0.25) is 0 Å². The lowest BCUT2D eigenvalue weighted by atomic mass is 9.98. The van der Waals surface area contributed by atoms with Gasteiger partial charge in [0, 0.05) is 5.92 Å². The van der Waals surface area contributed by atoms with E-state index in [1.54, 1.807) is 0 Å². The molecule has 1 rings (SSSR count). The summed E-state index contributed by atoms with van der Waals surface area (Å²) in [6.45, 7) is 6.32. The zero-order valence-corrected chi connectivity index (χ0v) is 9.82. The van der Waals surface area contributed by atoms with E-state index >= 15 is 0 Å². The third-order valence-corrected chi connectivity index (χ3v) is 3.00. The second kappa shape index (κ2) is 4.56. The lowest BCUT2D eigenvalue weighted by Crippen LogP contribution is -2.20. The Kier molecular flexibility index (Phi) is 3.64. The summed E-state index contributed by atoms with van der Waals surface area (Å²) >= 11 is 4.95. The van der Waals surface area contributed by atoms with Crippen molar-refractivity contribution in [3.8, 4) is 0 Å². The maximum atomic E-state index is 5.58. The molecule has 0 saturated carbocycles. The first-order chi connectivity index (χ1) is 6.50. The monoisotopic (exact) mass is 207 g/mol. The molecule has 1 aromatic carbocycles. The zero-order chi connectivity index (χ0) is 10.7. The van der Waals surface area contributed by atoms with Crippen molar-refractivity contribution >= 4 is 17.2 Å². The Hall–Kier alpha value is -0.890. The molecule has 0 heterocycles. The molecule has 0 saturated heterocycles. The van der Waals surface area contributed by atoms with Crippen LogP contribution in [-0.2, 0) is 6.42 Å². The highest BCUT2D eigenvalue weighted by Crippen LogP contribution is 2.13. The highest BCUT2D eigenvalue weighted by atomic mass is 32.1. The first-order valence-electron chi connectivity index (χ1n) is 4.86. The lowest BCUT2D eigenvalue weighted by molar-refractivity contribution is 0.770. The molecule has 0 amide bonds. The molecule has 0 aliphatic carbocycles. The van der Waals surface area contributed by atoms with Crippen LogP contribution in [0.15, 0.2) is 18.2 Å². The van der Waals surface area contributed by atoms with E-state index in [4.69, 9.17) is 18.0 Å². The summed E-state index contributed by atoms with van der Waals surface area (Å²) < 4.78 is 0. The highest BCUT2D eigenvalue weighted by molar-refractivity contribution is 7.80. The van der Waals surface area contributed by atoms with Crippen LogP contribution in [0.4, 0.5) is 0 Å². The van der Waals surface area contributed by atoms with Gasteiger partial charge in [-0.3, -0.25) is 0 Å². The fraction of sp³-hybridized carbons (Fsp3) is 0.417. The molecule has 0 aliphatic heterocycles. The van der Waals surface area contributed by atoms with Gasteiger partial charge in [-0.25, -0.2) is 0 Å². The minimum absolute atomic E-state index is 0.284. The van der Waals surface area contributed by atoms with Crippen molar-refractivity contribution in [2.45, 2.75) is 27.2 Å². The SMILES string of the molecule is Cc1ccc(C[C@@H](C)C(N)=S)cc1C. The van der Waals surface area contributed by atoms with Crippen LogP contribution in [0, 0.1) is 19.8 Å². The minimum Gasteiger partial charge on any atom is -0.393 e. The zero-order valence-electron chi connectivity index (χ0n) is 9.00. The van der Waals surface area contributed by atoms with Crippen molar-refractivity contribution in [1.82, 2.24) is 0 Å². The highest BCUT2D eigenvalue weighted by Gasteiger charge is 2.06. The van der Waals surface area contributed by atoms with Gasteiger partial charge in [0.1, 0.15) is 0 Å². The van der Waals surface area contributed by atoms with Crippen LogP contribution in [-0.4, -0.2) is 4.99 Å². The molecule has 0 unspecified atom stereocenters. The quantitative estimate of drug-likeness (QED) is 0.771. The average Bonchev–Trinajstić information content (AvgIpc) is 2.11. The summed E-state index contributed by atoms with van der Waals surface area (Å²) in [6, 6.07) is 6.51. The Balaban J connectivity index is 2.78. The summed E-state index contributed by atoms with van der Waals surface area (Å²) in [5.74, 6) is 0.284. The molecular weight excluding hydrogens is 190 g/mol. The second-order valence-corrected chi connectivity index (χ2v) is 4.40. The van der Waals surface area contributed by atoms with Crippen molar-refractivity contribution in [2.24, 2.45) is 11.7 Å².